The molecule has 2 saturated carbocycles. The fourth-order valence-corrected chi connectivity index (χ4v) is 7.37. The molecule has 0 N–H and O–H groups in total. The molecule has 5 nitrogen and oxygen atoms in total. The van der Waals surface area contributed by atoms with Gasteiger partial charge in [0.15, 0.2) is 17.6 Å². The molecule has 2 bridgehead atoms. The van der Waals surface area contributed by atoms with Gasteiger partial charge < -0.3 is 18.9 Å². The van der Waals surface area contributed by atoms with Gasteiger partial charge in [-0.3, -0.25) is 4.90 Å². The molecule has 0 aromatic heterocycles. The molecule has 2 saturated heterocycles. The highest BCUT2D eigenvalue weighted by Crippen LogP contribution is 2.66. The molecular formula is C23H29NO4. The van der Waals surface area contributed by atoms with Crippen LogP contribution in [0.4, 0.5) is 0 Å². The lowest BCUT2D eigenvalue weighted by molar-refractivity contribution is -0.261. The van der Waals surface area contributed by atoms with Gasteiger partial charge in [0.25, 0.3) is 0 Å². The molecule has 1 aromatic rings. The number of hydrogen-bond donors (Lipinski definition) is 0. The molecule has 3 aliphatic heterocycles. The second kappa shape index (κ2) is 5.44. The molecule has 5 heteroatoms. The van der Waals surface area contributed by atoms with E-state index in [1.807, 2.05) is 0 Å². The molecule has 2 spiro atoms. The molecule has 3 heterocycles. The van der Waals surface area contributed by atoms with Gasteiger partial charge in [0, 0.05) is 30.0 Å². The monoisotopic (exact) mass is 383 g/mol. The lowest BCUT2D eigenvalue weighted by atomic mass is 9.50. The summed E-state index contributed by atoms with van der Waals surface area (Å²) in [7, 11) is 1.75. The lowest BCUT2D eigenvalue weighted by Crippen LogP contribution is -2.70. The Morgan fingerprint density at radius 2 is 2.00 bits per heavy atom. The molecule has 3 aliphatic carbocycles. The summed E-state index contributed by atoms with van der Waals surface area (Å²) in [6, 6.07) is 5.03. The largest absolute Gasteiger partial charge is 0.493 e. The molecule has 4 fully saturated rings. The number of hydrogen-bond acceptors (Lipinski definition) is 5. The van der Waals surface area contributed by atoms with Gasteiger partial charge in [-0.15, -0.1) is 0 Å². The average molecular weight is 383 g/mol. The first kappa shape index (κ1) is 16.5. The molecule has 0 amide bonds. The molecular weight excluding hydrogens is 354 g/mol. The summed E-state index contributed by atoms with van der Waals surface area (Å²) < 4.78 is 25.1. The number of methoxy groups -OCH3 is 1. The summed E-state index contributed by atoms with van der Waals surface area (Å²) in [6.45, 7) is 3.82. The molecule has 150 valence electrons. The van der Waals surface area contributed by atoms with Crippen LogP contribution in [0.1, 0.15) is 43.2 Å². The van der Waals surface area contributed by atoms with E-state index in [1.165, 1.54) is 43.5 Å². The molecule has 28 heavy (non-hydrogen) atoms. The first-order valence-electron chi connectivity index (χ1n) is 11.1. The SMILES string of the molecule is COc1ccc2c3c1O[C@@H]1C4(CC[C@H]5[C@H](C2)N(CC2CC2)CC[C@@]315)OCCO4. The van der Waals surface area contributed by atoms with E-state index in [4.69, 9.17) is 18.9 Å². The zero-order chi connectivity index (χ0) is 18.5. The number of fused-ring (bicyclic) bond motifs is 1. The Bertz CT molecular complexity index is 830. The molecule has 1 aromatic carbocycles. The van der Waals surface area contributed by atoms with Crippen molar-refractivity contribution in [2.75, 3.05) is 33.4 Å². The van der Waals surface area contributed by atoms with Crippen LogP contribution in [0, 0.1) is 11.8 Å². The minimum Gasteiger partial charge on any atom is -0.493 e. The Balaban J connectivity index is 1.41. The Hall–Kier alpha value is -1.30. The topological polar surface area (TPSA) is 40.2 Å². The van der Waals surface area contributed by atoms with Crippen molar-refractivity contribution < 1.29 is 18.9 Å². The van der Waals surface area contributed by atoms with Crippen molar-refractivity contribution in [3.63, 3.8) is 0 Å². The van der Waals surface area contributed by atoms with E-state index in [0.29, 0.717) is 25.2 Å². The maximum atomic E-state index is 6.77. The van der Waals surface area contributed by atoms with Crippen LogP contribution >= 0.6 is 0 Å². The van der Waals surface area contributed by atoms with Gasteiger partial charge in [-0.25, -0.2) is 0 Å². The molecule has 4 atom stereocenters. The number of piperidine rings is 1. The number of rotatable bonds is 3. The van der Waals surface area contributed by atoms with Crippen LogP contribution in [0.5, 0.6) is 11.5 Å². The summed E-state index contributed by atoms with van der Waals surface area (Å²) in [5.41, 5.74) is 2.92. The summed E-state index contributed by atoms with van der Waals surface area (Å²) in [6.07, 6.45) is 7.22. The maximum Gasteiger partial charge on any atom is 0.206 e. The van der Waals surface area contributed by atoms with Gasteiger partial charge >= 0.3 is 0 Å². The van der Waals surface area contributed by atoms with Crippen molar-refractivity contribution in [1.82, 2.24) is 4.90 Å². The standard InChI is InChI=1S/C23H29NO4/c1-25-18-5-4-15-12-17-16-6-7-23(26-10-11-27-23)21-22(16,19(15)20(18)28-21)8-9-24(17)13-14-2-3-14/h4-5,14,16-17,21H,2-3,6-13H2,1H3/t16-,17-,21-,22+/m0/s1. The molecule has 6 aliphatic rings. The van der Waals surface area contributed by atoms with Gasteiger partial charge in [-0.2, -0.15) is 0 Å². The van der Waals surface area contributed by atoms with Crippen LogP contribution in [0.3, 0.4) is 0 Å². The van der Waals surface area contributed by atoms with E-state index in [0.717, 1.165) is 36.7 Å². The van der Waals surface area contributed by atoms with E-state index in [2.05, 4.69) is 17.0 Å². The zero-order valence-corrected chi connectivity index (χ0v) is 16.6. The highest BCUT2D eigenvalue weighted by molar-refractivity contribution is 5.61. The third-order valence-electron chi connectivity index (χ3n) is 8.60. The fourth-order valence-electron chi connectivity index (χ4n) is 7.37. The summed E-state index contributed by atoms with van der Waals surface area (Å²) in [4.78, 5) is 2.82. The van der Waals surface area contributed by atoms with Crippen LogP contribution in [0.15, 0.2) is 12.1 Å². The highest BCUT2D eigenvalue weighted by atomic mass is 16.8. The molecule has 0 unspecified atom stereocenters. The minimum atomic E-state index is -0.571. The third kappa shape index (κ3) is 1.89. The smallest absolute Gasteiger partial charge is 0.206 e. The van der Waals surface area contributed by atoms with Gasteiger partial charge in [0.2, 0.25) is 5.79 Å². The maximum absolute atomic E-state index is 6.77. The number of nitrogens with zero attached hydrogens (tertiary/aromatic N) is 1. The minimum absolute atomic E-state index is 0.0186. The number of benzene rings is 1. The Kier molecular flexibility index (Phi) is 3.20. The zero-order valence-electron chi connectivity index (χ0n) is 16.6. The number of likely N-dealkylation sites (tertiary alicyclic amines) is 1. The average Bonchev–Trinajstić information content (AvgIpc) is 3.28. The van der Waals surface area contributed by atoms with E-state index >= 15 is 0 Å². The van der Waals surface area contributed by atoms with Gasteiger partial charge in [-0.1, -0.05) is 6.07 Å². The summed E-state index contributed by atoms with van der Waals surface area (Å²) >= 11 is 0. The van der Waals surface area contributed by atoms with Crippen molar-refractivity contribution >= 4 is 0 Å². The summed E-state index contributed by atoms with van der Waals surface area (Å²) in [5.74, 6) is 2.84. The van der Waals surface area contributed by atoms with Gasteiger partial charge in [0.05, 0.1) is 20.3 Å². The highest BCUT2D eigenvalue weighted by Gasteiger charge is 2.71. The Labute approximate surface area is 166 Å². The fraction of sp³-hybridized carbons (Fsp3) is 0.739. The Morgan fingerprint density at radius 1 is 1.14 bits per heavy atom. The van der Waals surface area contributed by atoms with Crippen LogP contribution in [-0.2, 0) is 21.3 Å². The van der Waals surface area contributed by atoms with Crippen molar-refractivity contribution in [3.05, 3.63) is 23.3 Å². The van der Waals surface area contributed by atoms with Crippen molar-refractivity contribution in [1.29, 1.82) is 0 Å². The van der Waals surface area contributed by atoms with Crippen LogP contribution < -0.4 is 9.47 Å². The van der Waals surface area contributed by atoms with E-state index in [9.17, 15) is 0 Å². The van der Waals surface area contributed by atoms with Crippen molar-refractivity contribution in [3.8, 4) is 11.5 Å². The normalized spacial score (nSPS) is 39.7. The predicted octanol–water partition coefficient (Wildman–Crippen LogP) is 2.89. The molecule has 7 rings (SSSR count). The second-order valence-corrected chi connectivity index (χ2v) is 9.78. The van der Waals surface area contributed by atoms with Crippen molar-refractivity contribution in [2.24, 2.45) is 11.8 Å². The summed E-state index contributed by atoms with van der Waals surface area (Å²) in [5, 5.41) is 0. The first-order chi connectivity index (χ1) is 13.7. The second-order valence-electron chi connectivity index (χ2n) is 9.78. The lowest BCUT2D eigenvalue weighted by Gasteiger charge is -2.61. The Morgan fingerprint density at radius 3 is 2.79 bits per heavy atom. The third-order valence-corrected chi connectivity index (χ3v) is 8.60. The van der Waals surface area contributed by atoms with Crippen LogP contribution in [0.2, 0.25) is 0 Å². The quantitative estimate of drug-likeness (QED) is 0.803. The van der Waals surface area contributed by atoms with Crippen LogP contribution in [0.25, 0.3) is 0 Å². The number of ether oxygens (including phenoxy) is 4. The van der Waals surface area contributed by atoms with E-state index < -0.39 is 5.79 Å². The van der Waals surface area contributed by atoms with Gasteiger partial charge in [0.1, 0.15) is 0 Å². The van der Waals surface area contributed by atoms with Gasteiger partial charge in [-0.05, 0) is 62.1 Å². The molecule has 0 radical (unpaired) electrons. The van der Waals surface area contributed by atoms with E-state index in [-0.39, 0.29) is 11.5 Å². The predicted molar refractivity (Wildman–Crippen MR) is 103 cm³/mol. The van der Waals surface area contributed by atoms with Crippen LogP contribution in [-0.4, -0.2) is 56.2 Å². The van der Waals surface area contributed by atoms with Crippen molar-refractivity contribution in [2.45, 2.75) is 61.9 Å². The first-order valence-corrected chi connectivity index (χ1v) is 11.1. The van der Waals surface area contributed by atoms with E-state index in [1.54, 1.807) is 7.11 Å².